The van der Waals surface area contributed by atoms with Crippen molar-refractivity contribution in [1.29, 1.82) is 0 Å². The van der Waals surface area contributed by atoms with Crippen molar-refractivity contribution in [3.8, 4) is 0 Å². The van der Waals surface area contributed by atoms with E-state index < -0.39 is 86.7 Å². The Morgan fingerprint density at radius 2 is 0.536 bits per heavy atom. The van der Waals surface area contributed by atoms with Gasteiger partial charge in [0.25, 0.3) is 0 Å². The van der Waals surface area contributed by atoms with Crippen molar-refractivity contribution < 1.29 is 174 Å². The van der Waals surface area contributed by atoms with Gasteiger partial charge in [-0.25, -0.2) is 33.7 Å². The van der Waals surface area contributed by atoms with Crippen LogP contribution >= 0.6 is 15.8 Å². The van der Waals surface area contributed by atoms with Gasteiger partial charge in [-0.3, -0.25) is 4.21 Å². The van der Waals surface area contributed by atoms with Gasteiger partial charge in [-0.15, -0.1) is 0 Å². The Bertz CT molecular complexity index is 2220. The molecule has 0 spiro atoms. The van der Waals surface area contributed by atoms with Gasteiger partial charge in [0.15, 0.2) is 0 Å². The molecule has 56 heavy (non-hydrogen) atoms. The van der Waals surface area contributed by atoms with Crippen LogP contribution in [0.1, 0.15) is 0 Å². The van der Waals surface area contributed by atoms with Crippen molar-refractivity contribution in [2.75, 3.05) is 12.5 Å². The van der Waals surface area contributed by atoms with Gasteiger partial charge < -0.3 is 18.2 Å². The molecule has 0 N–H and O–H groups in total. The first-order valence-corrected chi connectivity index (χ1v) is 24.5. The number of hydrogen-bond donors (Lipinski definition) is 0. The van der Waals surface area contributed by atoms with Crippen LogP contribution in [-0.4, -0.2) is 68.6 Å². The van der Waals surface area contributed by atoms with Gasteiger partial charge in [-0.2, -0.15) is 0 Å². The second kappa shape index (κ2) is 23.8. The van der Waals surface area contributed by atoms with Crippen LogP contribution < -0.4 is 150 Å². The summed E-state index contributed by atoms with van der Waals surface area (Å²) in [4.78, 5) is -1.92. The first kappa shape index (κ1) is 56.8. The Morgan fingerprint density at radius 1 is 0.375 bits per heavy atom. The van der Waals surface area contributed by atoms with E-state index in [2.05, 4.69) is 0 Å². The molecular formula is C32H26Na4O13P2S5. The summed E-state index contributed by atoms with van der Waals surface area (Å²) in [6.07, 6.45) is 3.28. The Hall–Kier alpha value is 0.750. The minimum atomic E-state index is -4.79. The standard InChI is InChI=1S/C30H24O12P2S4.C2H6OS.4Na/c31-45(32,33)25-13-5-21(6-14-25)43(22-7-15-26(16-8-22)46(34,35)36)29-3-1-2-4-30(29)44(23-9-17-27(18-10-23)47(37,38)39)24-11-19-28(20-12-24)48(40,41)42;1-4(2)3;;;;/h1-20H,(H,31,32,33)(H,34,35,36)(H,37,38,39)(H,40,41,42);1-2H3;;;;/q;;4*+1/p-4. The topological polar surface area (TPSA) is 246 Å². The number of benzene rings is 5. The van der Waals surface area contributed by atoms with E-state index in [1.165, 1.54) is 48.5 Å². The largest absolute Gasteiger partial charge is 1.00 e. The SMILES string of the molecule is CS(C)=O.O=S(=O)([O-])c1ccc(P(c2ccc(S(=O)(=O)[O-])cc2)c2ccccc2P(c2ccc(S(=O)(=O)[O-])cc2)c2ccc(S(=O)(=O)[O-])cc2)cc1.[Na+].[Na+].[Na+].[Na+]. The molecule has 0 aliphatic heterocycles. The van der Waals surface area contributed by atoms with E-state index in [4.69, 9.17) is 0 Å². The predicted octanol–water partition coefficient (Wildman–Crippen LogP) is -11.2. The van der Waals surface area contributed by atoms with Crippen molar-refractivity contribution in [3.63, 3.8) is 0 Å². The maximum atomic E-state index is 11.7. The van der Waals surface area contributed by atoms with Crippen LogP contribution in [0.5, 0.6) is 0 Å². The maximum absolute atomic E-state index is 11.7. The van der Waals surface area contributed by atoms with E-state index in [0.717, 1.165) is 48.5 Å². The summed E-state index contributed by atoms with van der Waals surface area (Å²) in [6.45, 7) is 0. The molecule has 0 radical (unpaired) electrons. The van der Waals surface area contributed by atoms with Crippen molar-refractivity contribution in [3.05, 3.63) is 121 Å². The molecule has 0 saturated carbocycles. The zero-order chi connectivity index (χ0) is 38.6. The van der Waals surface area contributed by atoms with E-state index in [9.17, 15) is 56.1 Å². The van der Waals surface area contributed by atoms with Crippen LogP contribution in [-0.2, 0) is 51.3 Å². The van der Waals surface area contributed by atoms with Crippen LogP contribution in [0.4, 0.5) is 0 Å². The van der Waals surface area contributed by atoms with Crippen molar-refractivity contribution >= 4 is 98.9 Å². The van der Waals surface area contributed by atoms with E-state index in [-0.39, 0.29) is 118 Å². The van der Waals surface area contributed by atoms with Gasteiger partial charge in [0, 0.05) is 23.3 Å². The summed E-state index contributed by atoms with van der Waals surface area (Å²) < 4.78 is 150. The molecule has 0 aliphatic carbocycles. The Balaban J connectivity index is 0.00000361. The summed E-state index contributed by atoms with van der Waals surface area (Å²) in [5, 5.41) is 3.37. The first-order chi connectivity index (χ1) is 24.1. The summed E-state index contributed by atoms with van der Waals surface area (Å²) in [6, 6.07) is 27.6. The fraction of sp³-hybridized carbons (Fsp3) is 0.0625. The minimum absolute atomic E-state index is 0. The van der Waals surface area contributed by atoms with Crippen LogP contribution in [0.25, 0.3) is 0 Å². The van der Waals surface area contributed by atoms with Gasteiger partial charge >= 0.3 is 118 Å². The summed E-state index contributed by atoms with van der Waals surface area (Å²) in [7, 11) is -23.2. The zero-order valence-corrected chi connectivity index (χ0v) is 44.7. The molecular weight excluding hydrogens is 907 g/mol. The fourth-order valence-electron chi connectivity index (χ4n) is 4.74. The molecule has 5 aromatic carbocycles. The second-order valence-electron chi connectivity index (χ2n) is 10.7. The van der Waals surface area contributed by atoms with Gasteiger partial charge in [0.1, 0.15) is 40.5 Å². The molecule has 0 unspecified atom stereocenters. The van der Waals surface area contributed by atoms with Crippen molar-refractivity contribution in [2.24, 2.45) is 0 Å². The quantitative estimate of drug-likeness (QED) is 0.0719. The van der Waals surface area contributed by atoms with Crippen LogP contribution in [0.15, 0.2) is 141 Å². The fourth-order valence-corrected chi connectivity index (χ4v) is 11.8. The third-order valence-corrected chi connectivity index (χ3v) is 15.5. The molecule has 5 rings (SSSR count). The van der Waals surface area contributed by atoms with Crippen LogP contribution in [0, 0.1) is 0 Å². The van der Waals surface area contributed by atoms with E-state index >= 15 is 0 Å². The normalized spacial score (nSPS) is 11.6. The van der Waals surface area contributed by atoms with E-state index in [1.54, 1.807) is 36.8 Å². The average molecular weight is 933 g/mol. The third-order valence-electron chi connectivity index (χ3n) is 6.90. The second-order valence-corrected chi connectivity index (χ2v) is 22.1. The van der Waals surface area contributed by atoms with Gasteiger partial charge in [-0.05, 0) is 96.2 Å². The van der Waals surface area contributed by atoms with Crippen LogP contribution in [0.3, 0.4) is 0 Å². The first-order valence-electron chi connectivity index (χ1n) is 14.3. The van der Waals surface area contributed by atoms with Gasteiger partial charge in [0.05, 0.1) is 19.6 Å². The molecule has 0 bridgehead atoms. The molecule has 0 amide bonds. The Morgan fingerprint density at radius 3 is 0.679 bits per heavy atom. The molecule has 0 heterocycles. The van der Waals surface area contributed by atoms with E-state index in [1.807, 2.05) is 0 Å². The molecule has 24 heteroatoms. The average Bonchev–Trinajstić information content (AvgIpc) is 3.05. The molecule has 13 nitrogen and oxygen atoms in total. The van der Waals surface area contributed by atoms with E-state index in [0.29, 0.717) is 31.8 Å². The monoisotopic (exact) mass is 932 g/mol. The predicted molar refractivity (Wildman–Crippen MR) is 196 cm³/mol. The number of hydrogen-bond acceptors (Lipinski definition) is 13. The third kappa shape index (κ3) is 15.9. The number of rotatable bonds is 10. The molecule has 0 aliphatic rings. The van der Waals surface area contributed by atoms with Gasteiger partial charge in [-0.1, -0.05) is 72.8 Å². The minimum Gasteiger partial charge on any atom is -0.744 e. The molecule has 276 valence electrons. The Kier molecular flexibility index (Phi) is 24.1. The maximum Gasteiger partial charge on any atom is 1.00 e. The Labute approximate surface area is 420 Å². The molecule has 0 atom stereocenters. The summed E-state index contributed by atoms with van der Waals surface area (Å²) >= 11 is 0. The molecule has 5 aromatic rings. The summed E-state index contributed by atoms with van der Waals surface area (Å²) in [5.41, 5.74) is 0. The summed E-state index contributed by atoms with van der Waals surface area (Å²) in [5.74, 6) is 0. The molecule has 0 saturated heterocycles. The van der Waals surface area contributed by atoms with Gasteiger partial charge in [0.2, 0.25) is 0 Å². The van der Waals surface area contributed by atoms with Crippen LogP contribution in [0.2, 0.25) is 0 Å². The zero-order valence-electron chi connectivity index (χ0n) is 30.8. The molecule has 0 aromatic heterocycles. The van der Waals surface area contributed by atoms with Crippen molar-refractivity contribution in [2.45, 2.75) is 19.6 Å². The molecule has 0 fully saturated rings. The van der Waals surface area contributed by atoms with Crippen molar-refractivity contribution in [1.82, 2.24) is 0 Å². The smallest absolute Gasteiger partial charge is 0.744 e.